The fraction of sp³-hybridized carbons (Fsp3) is 0.133. The van der Waals surface area contributed by atoms with Gasteiger partial charge in [0.15, 0.2) is 0 Å². The van der Waals surface area contributed by atoms with Gasteiger partial charge in [0.1, 0.15) is 11.5 Å². The summed E-state index contributed by atoms with van der Waals surface area (Å²) in [7, 11) is 0. The molecular formula is C15H11FN2. The molecule has 0 spiro atoms. The Labute approximate surface area is 104 Å². The molecule has 1 aliphatic carbocycles. The van der Waals surface area contributed by atoms with Gasteiger partial charge in [0, 0.05) is 18.2 Å². The van der Waals surface area contributed by atoms with Crippen molar-refractivity contribution in [3.8, 4) is 11.3 Å². The lowest BCUT2D eigenvalue weighted by Crippen LogP contribution is -1.92. The van der Waals surface area contributed by atoms with E-state index in [9.17, 15) is 4.39 Å². The zero-order valence-electron chi connectivity index (χ0n) is 9.94. The summed E-state index contributed by atoms with van der Waals surface area (Å²) < 4.78 is 15.3. The van der Waals surface area contributed by atoms with Gasteiger partial charge in [-0.2, -0.15) is 0 Å². The van der Waals surface area contributed by atoms with Crippen molar-refractivity contribution < 1.29 is 4.39 Å². The van der Waals surface area contributed by atoms with Crippen molar-refractivity contribution >= 4 is 5.65 Å². The predicted molar refractivity (Wildman–Crippen MR) is 68.1 cm³/mol. The van der Waals surface area contributed by atoms with Crippen molar-refractivity contribution in [1.29, 1.82) is 0 Å². The molecule has 0 N–H and O–H groups in total. The van der Waals surface area contributed by atoms with Crippen LogP contribution < -0.4 is 0 Å². The monoisotopic (exact) mass is 238 g/mol. The molecule has 4 rings (SSSR count). The average Bonchev–Trinajstić information content (AvgIpc) is 2.83. The molecule has 0 aliphatic heterocycles. The highest BCUT2D eigenvalue weighted by Crippen LogP contribution is 2.36. The van der Waals surface area contributed by atoms with E-state index >= 15 is 0 Å². The average molecular weight is 238 g/mol. The van der Waals surface area contributed by atoms with Crippen molar-refractivity contribution in [2.45, 2.75) is 13.3 Å². The van der Waals surface area contributed by atoms with Gasteiger partial charge in [0.05, 0.1) is 11.4 Å². The first kappa shape index (κ1) is 9.83. The summed E-state index contributed by atoms with van der Waals surface area (Å²) in [5.74, 6) is -0.177. The van der Waals surface area contributed by atoms with Crippen LogP contribution in [0, 0.1) is 12.7 Å². The van der Waals surface area contributed by atoms with Gasteiger partial charge in [-0.1, -0.05) is 0 Å². The lowest BCUT2D eigenvalue weighted by molar-refractivity contribution is 0.626. The van der Waals surface area contributed by atoms with Crippen molar-refractivity contribution in [2.24, 2.45) is 0 Å². The van der Waals surface area contributed by atoms with E-state index in [-0.39, 0.29) is 5.82 Å². The summed E-state index contributed by atoms with van der Waals surface area (Å²) in [6.07, 6.45) is 2.80. The Morgan fingerprint density at radius 3 is 3.00 bits per heavy atom. The Kier molecular flexibility index (Phi) is 1.74. The lowest BCUT2D eigenvalue weighted by atomic mass is 10.1. The number of aryl methyl sites for hydroxylation is 1. The lowest BCUT2D eigenvalue weighted by Gasteiger charge is -2.00. The molecule has 2 aromatic heterocycles. The fourth-order valence-electron chi connectivity index (χ4n) is 2.70. The Morgan fingerprint density at radius 2 is 2.11 bits per heavy atom. The number of fused-ring (bicyclic) bond motifs is 5. The van der Waals surface area contributed by atoms with Gasteiger partial charge in [-0.05, 0) is 48.4 Å². The van der Waals surface area contributed by atoms with Crippen molar-refractivity contribution in [2.75, 3.05) is 0 Å². The molecule has 0 fully saturated rings. The Morgan fingerprint density at radius 1 is 1.22 bits per heavy atom. The van der Waals surface area contributed by atoms with Crippen LogP contribution in [-0.2, 0) is 6.42 Å². The van der Waals surface area contributed by atoms with Crippen LogP contribution >= 0.6 is 0 Å². The molecule has 0 bridgehead atoms. The minimum Gasteiger partial charge on any atom is -0.303 e. The van der Waals surface area contributed by atoms with Gasteiger partial charge in [0.25, 0.3) is 0 Å². The summed E-state index contributed by atoms with van der Waals surface area (Å²) >= 11 is 0. The SMILES string of the molecule is Cc1ccn2c3c(nc2c1)-c1ccc(F)cc1C3. The maximum Gasteiger partial charge on any atom is 0.137 e. The molecule has 18 heavy (non-hydrogen) atoms. The number of imidazole rings is 1. The zero-order valence-corrected chi connectivity index (χ0v) is 9.94. The van der Waals surface area contributed by atoms with Gasteiger partial charge < -0.3 is 4.40 Å². The van der Waals surface area contributed by atoms with Crippen molar-refractivity contribution in [1.82, 2.24) is 9.38 Å². The number of pyridine rings is 1. The molecule has 1 aromatic carbocycles. The Hall–Kier alpha value is -2.16. The summed E-state index contributed by atoms with van der Waals surface area (Å²) in [5.41, 5.74) is 6.41. The van der Waals surface area contributed by atoms with Gasteiger partial charge in [-0.3, -0.25) is 0 Å². The van der Waals surface area contributed by atoms with E-state index < -0.39 is 0 Å². The first-order chi connectivity index (χ1) is 8.72. The normalized spacial score (nSPS) is 12.8. The number of rotatable bonds is 0. The van der Waals surface area contributed by atoms with Crippen LogP contribution in [0.5, 0.6) is 0 Å². The van der Waals surface area contributed by atoms with Gasteiger partial charge in [0.2, 0.25) is 0 Å². The molecule has 0 atom stereocenters. The molecule has 0 unspecified atom stereocenters. The largest absolute Gasteiger partial charge is 0.303 e. The maximum absolute atomic E-state index is 13.2. The highest BCUT2D eigenvalue weighted by molar-refractivity contribution is 5.75. The van der Waals surface area contributed by atoms with Crippen molar-refractivity contribution in [3.63, 3.8) is 0 Å². The summed E-state index contributed by atoms with van der Waals surface area (Å²) in [5, 5.41) is 0. The highest BCUT2D eigenvalue weighted by atomic mass is 19.1. The van der Waals surface area contributed by atoms with Crippen LogP contribution in [0.3, 0.4) is 0 Å². The predicted octanol–water partition coefficient (Wildman–Crippen LogP) is 3.35. The smallest absolute Gasteiger partial charge is 0.137 e. The molecule has 2 heterocycles. The van der Waals surface area contributed by atoms with E-state index in [1.54, 1.807) is 6.07 Å². The molecule has 0 saturated heterocycles. The molecule has 3 heteroatoms. The van der Waals surface area contributed by atoms with Crippen LogP contribution in [0.2, 0.25) is 0 Å². The number of halogens is 1. The Balaban J connectivity index is 2.04. The third kappa shape index (κ3) is 1.19. The Bertz CT molecular complexity index is 787. The molecule has 2 nitrogen and oxygen atoms in total. The molecule has 88 valence electrons. The van der Waals surface area contributed by atoms with E-state index in [4.69, 9.17) is 0 Å². The van der Waals surface area contributed by atoms with Crippen LogP contribution in [0.15, 0.2) is 36.5 Å². The third-order valence-electron chi connectivity index (χ3n) is 3.56. The number of nitrogens with zero attached hydrogens (tertiary/aromatic N) is 2. The van der Waals surface area contributed by atoms with E-state index in [0.717, 1.165) is 34.6 Å². The number of aromatic nitrogens is 2. The van der Waals surface area contributed by atoms with E-state index in [1.165, 1.54) is 11.6 Å². The van der Waals surface area contributed by atoms with Gasteiger partial charge in [-0.25, -0.2) is 9.37 Å². The first-order valence-corrected chi connectivity index (χ1v) is 5.99. The van der Waals surface area contributed by atoms with Gasteiger partial charge >= 0.3 is 0 Å². The number of benzene rings is 1. The molecular weight excluding hydrogens is 227 g/mol. The summed E-state index contributed by atoms with van der Waals surface area (Å²) in [6.45, 7) is 2.06. The molecule has 3 aromatic rings. The molecule has 0 radical (unpaired) electrons. The van der Waals surface area contributed by atoms with E-state index in [0.29, 0.717) is 0 Å². The number of hydrogen-bond acceptors (Lipinski definition) is 1. The topological polar surface area (TPSA) is 17.3 Å². The summed E-state index contributed by atoms with van der Waals surface area (Å²) in [6, 6.07) is 9.08. The minimum atomic E-state index is -0.177. The maximum atomic E-state index is 13.2. The number of hydrogen-bond donors (Lipinski definition) is 0. The zero-order chi connectivity index (χ0) is 12.3. The van der Waals surface area contributed by atoms with Crippen LogP contribution in [0.4, 0.5) is 4.39 Å². The summed E-state index contributed by atoms with van der Waals surface area (Å²) in [4.78, 5) is 4.67. The minimum absolute atomic E-state index is 0.177. The van der Waals surface area contributed by atoms with Gasteiger partial charge in [-0.15, -0.1) is 0 Å². The first-order valence-electron chi connectivity index (χ1n) is 5.99. The second kappa shape index (κ2) is 3.19. The van der Waals surface area contributed by atoms with Crippen LogP contribution in [-0.4, -0.2) is 9.38 Å². The third-order valence-corrected chi connectivity index (χ3v) is 3.56. The molecule has 1 aliphatic rings. The quantitative estimate of drug-likeness (QED) is 0.459. The standard InChI is InChI=1S/C15H11FN2/c1-9-4-5-18-13-8-10-7-11(16)2-3-12(10)15(13)17-14(18)6-9/h2-7H,8H2,1H3. The molecule has 0 saturated carbocycles. The second-order valence-corrected chi connectivity index (χ2v) is 4.82. The van der Waals surface area contributed by atoms with Crippen LogP contribution in [0.25, 0.3) is 16.9 Å². The highest BCUT2D eigenvalue weighted by Gasteiger charge is 2.24. The second-order valence-electron chi connectivity index (χ2n) is 4.82. The van der Waals surface area contributed by atoms with Crippen molar-refractivity contribution in [3.05, 3.63) is 59.2 Å². The molecule has 0 amide bonds. The van der Waals surface area contributed by atoms with E-state index in [1.807, 2.05) is 12.3 Å². The van der Waals surface area contributed by atoms with E-state index in [2.05, 4.69) is 28.4 Å². The fourth-order valence-corrected chi connectivity index (χ4v) is 2.70. The van der Waals surface area contributed by atoms with Crippen LogP contribution in [0.1, 0.15) is 16.8 Å².